The first-order valence-corrected chi connectivity index (χ1v) is 2.37. The highest BCUT2D eigenvalue weighted by Crippen LogP contribution is 2.13. The first kappa shape index (κ1) is 5.53. The molecular formula is C4H9Al. The van der Waals surface area contributed by atoms with Gasteiger partial charge in [-0.25, -0.2) is 0 Å². The Hall–Kier alpha value is 0.532. The van der Waals surface area contributed by atoms with Gasteiger partial charge in [0.1, 0.15) is 16.3 Å². The molecule has 0 nitrogen and oxygen atoms in total. The number of rotatable bonds is 0. The fourth-order valence-electron chi connectivity index (χ4n) is 0. The Morgan fingerprint density at radius 1 is 1.20 bits per heavy atom. The molecule has 0 amide bonds. The molecule has 0 fully saturated rings. The molecule has 0 N–H and O–H groups in total. The van der Waals surface area contributed by atoms with Crippen molar-refractivity contribution in [2.45, 2.75) is 25.0 Å². The highest BCUT2D eigenvalue weighted by atomic mass is 27.0. The van der Waals surface area contributed by atoms with Gasteiger partial charge in [-0.2, -0.15) is 0 Å². The molecule has 0 bridgehead atoms. The molecule has 0 saturated heterocycles. The third kappa shape index (κ3) is 103. The lowest BCUT2D eigenvalue weighted by Gasteiger charge is -2.06. The maximum Gasteiger partial charge on any atom is 0.128 e. The van der Waals surface area contributed by atoms with E-state index in [1.165, 1.54) is 0 Å². The first-order valence-electron chi connectivity index (χ1n) is 1.79. The van der Waals surface area contributed by atoms with Crippen LogP contribution < -0.4 is 0 Å². The number of hydrogen-bond acceptors (Lipinski definition) is 0. The van der Waals surface area contributed by atoms with E-state index in [9.17, 15) is 0 Å². The van der Waals surface area contributed by atoms with Crippen molar-refractivity contribution in [1.29, 1.82) is 0 Å². The summed E-state index contributed by atoms with van der Waals surface area (Å²) in [7, 11) is 0. The summed E-state index contributed by atoms with van der Waals surface area (Å²) in [5.41, 5.74) is 0. The fourth-order valence-corrected chi connectivity index (χ4v) is 0. The third-order valence-corrected chi connectivity index (χ3v) is 0. The van der Waals surface area contributed by atoms with Crippen LogP contribution in [0.2, 0.25) is 4.28 Å². The van der Waals surface area contributed by atoms with E-state index in [1.54, 1.807) is 0 Å². The molecule has 0 aliphatic carbocycles. The predicted molar refractivity (Wildman–Crippen MR) is 25.5 cm³/mol. The van der Waals surface area contributed by atoms with Gasteiger partial charge in [-0.3, -0.25) is 0 Å². The summed E-state index contributed by atoms with van der Waals surface area (Å²) in [6.45, 7) is 6.45. The first-order chi connectivity index (χ1) is 2.00. The minimum atomic E-state index is 0.417. The van der Waals surface area contributed by atoms with Gasteiger partial charge in [0, 0.05) is 0 Å². The molecule has 0 heterocycles. The normalized spacial score (nSPS) is 11.8. The Bertz CT molecular complexity index is 19.1. The molecule has 0 aliphatic heterocycles. The Kier molecular flexibility index (Phi) is 1.47. The van der Waals surface area contributed by atoms with Crippen LogP contribution >= 0.6 is 0 Å². The van der Waals surface area contributed by atoms with E-state index in [1.807, 2.05) is 0 Å². The lowest BCUT2D eigenvalue weighted by atomic mass is 10.2. The maximum absolute atomic E-state index is 2.72. The van der Waals surface area contributed by atoms with Gasteiger partial charge in [0.15, 0.2) is 0 Å². The predicted octanol–water partition coefficient (Wildman–Crippen LogP) is 1.37. The summed E-state index contributed by atoms with van der Waals surface area (Å²) >= 11 is 2.72. The molecule has 0 saturated carbocycles. The van der Waals surface area contributed by atoms with Crippen LogP contribution in [-0.2, 0) is 0 Å². The van der Waals surface area contributed by atoms with E-state index in [0.29, 0.717) is 4.28 Å². The quantitative estimate of drug-likeness (QED) is 0.389. The van der Waals surface area contributed by atoms with Gasteiger partial charge in [0.25, 0.3) is 0 Å². The van der Waals surface area contributed by atoms with E-state index in [0.717, 1.165) is 0 Å². The lowest BCUT2D eigenvalue weighted by molar-refractivity contribution is 0.767. The Morgan fingerprint density at radius 2 is 1.20 bits per heavy atom. The van der Waals surface area contributed by atoms with Crippen LogP contribution in [-0.4, -0.2) is 16.3 Å². The van der Waals surface area contributed by atoms with Crippen molar-refractivity contribution in [3.05, 3.63) is 0 Å². The smallest absolute Gasteiger partial charge is 0.105 e. The second-order valence-corrected chi connectivity index (χ2v) is 4.10. The van der Waals surface area contributed by atoms with E-state index < -0.39 is 0 Å². The minimum Gasteiger partial charge on any atom is -0.105 e. The molecule has 0 aliphatic rings. The maximum atomic E-state index is 2.72. The summed E-state index contributed by atoms with van der Waals surface area (Å²) in [5, 5.41) is 0. The van der Waals surface area contributed by atoms with Crippen LogP contribution in [0.5, 0.6) is 0 Å². The molecule has 0 rings (SSSR count). The molecule has 28 valence electrons. The van der Waals surface area contributed by atoms with Crippen LogP contribution in [0.25, 0.3) is 0 Å². The summed E-state index contributed by atoms with van der Waals surface area (Å²) in [6, 6.07) is 0. The molecule has 0 unspecified atom stereocenters. The highest BCUT2D eigenvalue weighted by molar-refractivity contribution is 6.14. The van der Waals surface area contributed by atoms with Crippen molar-refractivity contribution in [2.75, 3.05) is 0 Å². The lowest BCUT2D eigenvalue weighted by Crippen LogP contribution is -1.90. The van der Waals surface area contributed by atoms with E-state index in [-0.39, 0.29) is 0 Å². The Labute approximate surface area is 42.0 Å². The van der Waals surface area contributed by atoms with Gasteiger partial charge < -0.3 is 0 Å². The molecular weight excluding hydrogens is 75.0 g/mol. The molecule has 5 heavy (non-hydrogen) atoms. The van der Waals surface area contributed by atoms with Crippen LogP contribution in [0.15, 0.2) is 0 Å². The van der Waals surface area contributed by atoms with Gasteiger partial charge in [-0.1, -0.05) is 20.8 Å². The zero-order chi connectivity index (χ0) is 4.50. The van der Waals surface area contributed by atoms with Crippen molar-refractivity contribution in [1.82, 2.24) is 0 Å². The second kappa shape index (κ2) is 1.33. The zero-order valence-electron chi connectivity index (χ0n) is 4.08. The molecule has 2 radical (unpaired) electrons. The second-order valence-electron chi connectivity index (χ2n) is 2.37. The van der Waals surface area contributed by atoms with Crippen LogP contribution in [0, 0.1) is 0 Å². The average molecular weight is 84.1 g/mol. The highest BCUT2D eigenvalue weighted by Gasteiger charge is 1.94. The zero-order valence-corrected chi connectivity index (χ0v) is 5.23. The standard InChI is InChI=1S/C4H9.Al/c1-4(2)3;/h1-3H3;. The van der Waals surface area contributed by atoms with Crippen molar-refractivity contribution in [3.8, 4) is 0 Å². The topological polar surface area (TPSA) is 0 Å². The van der Waals surface area contributed by atoms with Gasteiger partial charge >= 0.3 is 0 Å². The molecule has 0 spiro atoms. The van der Waals surface area contributed by atoms with Crippen molar-refractivity contribution in [3.63, 3.8) is 0 Å². The minimum absolute atomic E-state index is 0.417. The van der Waals surface area contributed by atoms with E-state index >= 15 is 0 Å². The van der Waals surface area contributed by atoms with E-state index in [4.69, 9.17) is 0 Å². The van der Waals surface area contributed by atoms with E-state index in [2.05, 4.69) is 37.1 Å². The van der Waals surface area contributed by atoms with Gasteiger partial charge in [0.2, 0.25) is 0 Å². The molecule has 1 heteroatoms. The Morgan fingerprint density at radius 3 is 1.20 bits per heavy atom. The summed E-state index contributed by atoms with van der Waals surface area (Å²) < 4.78 is 0.417. The van der Waals surface area contributed by atoms with Gasteiger partial charge in [-0.05, 0) is 0 Å². The Balaban J connectivity index is 3.02. The van der Waals surface area contributed by atoms with Crippen LogP contribution in [0.1, 0.15) is 20.8 Å². The third-order valence-electron chi connectivity index (χ3n) is 0. The number of hydrogen-bond donors (Lipinski definition) is 0. The van der Waals surface area contributed by atoms with Crippen LogP contribution in [0.3, 0.4) is 0 Å². The monoisotopic (exact) mass is 84.1 g/mol. The largest absolute Gasteiger partial charge is 0.128 e. The van der Waals surface area contributed by atoms with Crippen LogP contribution in [0.4, 0.5) is 0 Å². The van der Waals surface area contributed by atoms with Gasteiger partial charge in [0.05, 0.1) is 0 Å². The molecule has 0 aromatic carbocycles. The molecule has 0 aromatic heterocycles. The van der Waals surface area contributed by atoms with Gasteiger partial charge in [-0.15, -0.1) is 4.28 Å². The summed E-state index contributed by atoms with van der Waals surface area (Å²) in [5.74, 6) is 0. The average Bonchev–Trinajstić information content (AvgIpc) is 0.722. The van der Waals surface area contributed by atoms with Crippen molar-refractivity contribution < 1.29 is 0 Å². The van der Waals surface area contributed by atoms with Crippen molar-refractivity contribution >= 4 is 16.3 Å². The summed E-state index contributed by atoms with van der Waals surface area (Å²) in [6.07, 6.45) is 0. The van der Waals surface area contributed by atoms with Crippen molar-refractivity contribution in [2.24, 2.45) is 0 Å². The summed E-state index contributed by atoms with van der Waals surface area (Å²) in [4.78, 5) is 0. The SMILES string of the molecule is C[C](C)(C)[Al]. The molecule has 0 aromatic rings. The fraction of sp³-hybridized carbons (Fsp3) is 1.00. The molecule has 0 atom stereocenters.